The first kappa shape index (κ1) is 15.1. The Labute approximate surface area is 120 Å². The van der Waals surface area contributed by atoms with Crippen LogP contribution in [-0.4, -0.2) is 30.2 Å². The number of carboxylic acid groups (broad SMARTS) is 1. The van der Waals surface area contributed by atoms with Gasteiger partial charge in [0.25, 0.3) is 0 Å². The van der Waals surface area contributed by atoms with Crippen molar-refractivity contribution in [3.05, 3.63) is 0 Å². The minimum atomic E-state index is -0.779. The Kier molecular flexibility index (Phi) is 4.25. The zero-order chi connectivity index (χ0) is 14.8. The third kappa shape index (κ3) is 3.64. The fourth-order valence-electron chi connectivity index (χ4n) is 2.78. The van der Waals surface area contributed by atoms with Crippen molar-refractivity contribution in [3.63, 3.8) is 0 Å². The van der Waals surface area contributed by atoms with Crippen molar-refractivity contribution >= 4 is 12.0 Å². The van der Waals surface area contributed by atoms with Crippen LogP contribution < -0.4 is 10.6 Å². The maximum absolute atomic E-state index is 11.8. The molecule has 0 aliphatic heterocycles. The summed E-state index contributed by atoms with van der Waals surface area (Å²) in [5.41, 5.74) is -0.505. The number of aliphatic carboxylic acids is 1. The molecule has 0 aromatic heterocycles. The second kappa shape index (κ2) is 5.62. The summed E-state index contributed by atoms with van der Waals surface area (Å²) in [4.78, 5) is 23.3. The molecule has 0 aromatic rings. The first-order valence-electron chi connectivity index (χ1n) is 7.60. The highest BCUT2D eigenvalue weighted by molar-refractivity contribution is 5.78. The van der Waals surface area contributed by atoms with Crippen LogP contribution in [0.5, 0.6) is 0 Å². The fourth-order valence-corrected chi connectivity index (χ4v) is 2.78. The SMILES string of the molecule is CC1CCC(CNC(=O)NCC2(C)CC2)(C(=O)O)CC1. The van der Waals surface area contributed by atoms with Crippen LogP contribution in [0.4, 0.5) is 4.79 Å². The largest absolute Gasteiger partial charge is 0.481 e. The molecule has 2 aliphatic rings. The van der Waals surface area contributed by atoms with Gasteiger partial charge in [-0.25, -0.2) is 4.79 Å². The fraction of sp³-hybridized carbons (Fsp3) is 0.867. The zero-order valence-electron chi connectivity index (χ0n) is 12.5. The molecule has 0 aromatic carbocycles. The smallest absolute Gasteiger partial charge is 0.314 e. The van der Waals surface area contributed by atoms with Crippen LogP contribution in [0.25, 0.3) is 0 Å². The molecule has 2 aliphatic carbocycles. The molecular weight excluding hydrogens is 256 g/mol. The zero-order valence-corrected chi connectivity index (χ0v) is 12.5. The molecule has 0 radical (unpaired) electrons. The number of carbonyl (C=O) groups is 2. The van der Waals surface area contributed by atoms with Crippen molar-refractivity contribution in [1.29, 1.82) is 0 Å². The highest BCUT2D eigenvalue weighted by Gasteiger charge is 2.41. The van der Waals surface area contributed by atoms with Crippen LogP contribution in [-0.2, 0) is 4.79 Å². The van der Waals surface area contributed by atoms with Gasteiger partial charge in [0.2, 0.25) is 0 Å². The molecule has 0 saturated heterocycles. The minimum Gasteiger partial charge on any atom is -0.481 e. The summed E-state index contributed by atoms with van der Waals surface area (Å²) < 4.78 is 0. The van der Waals surface area contributed by atoms with Gasteiger partial charge < -0.3 is 15.7 Å². The molecule has 0 unspecified atom stereocenters. The predicted octanol–water partition coefficient (Wildman–Crippen LogP) is 2.37. The molecule has 0 heterocycles. The lowest BCUT2D eigenvalue weighted by Gasteiger charge is -2.35. The van der Waals surface area contributed by atoms with Crippen LogP contribution in [0, 0.1) is 16.7 Å². The Morgan fingerprint density at radius 3 is 2.15 bits per heavy atom. The number of rotatable bonds is 5. The number of hydrogen-bond acceptors (Lipinski definition) is 2. The van der Waals surface area contributed by atoms with E-state index in [9.17, 15) is 14.7 Å². The van der Waals surface area contributed by atoms with Crippen molar-refractivity contribution in [2.45, 2.75) is 52.4 Å². The predicted molar refractivity (Wildman–Crippen MR) is 76.4 cm³/mol. The lowest BCUT2D eigenvalue weighted by molar-refractivity contribution is -0.151. The maximum atomic E-state index is 11.8. The Balaban J connectivity index is 1.79. The first-order valence-corrected chi connectivity index (χ1v) is 7.60. The van der Waals surface area contributed by atoms with Crippen molar-refractivity contribution in [3.8, 4) is 0 Å². The summed E-state index contributed by atoms with van der Waals surface area (Å²) in [6, 6.07) is -0.239. The average molecular weight is 282 g/mol. The van der Waals surface area contributed by atoms with E-state index in [1.807, 2.05) is 0 Å². The van der Waals surface area contributed by atoms with Crippen molar-refractivity contribution in [1.82, 2.24) is 10.6 Å². The van der Waals surface area contributed by atoms with Crippen molar-refractivity contribution < 1.29 is 14.7 Å². The number of carboxylic acids is 1. The quantitative estimate of drug-likeness (QED) is 0.724. The van der Waals surface area contributed by atoms with Gasteiger partial charge in [-0.05, 0) is 49.9 Å². The molecule has 20 heavy (non-hydrogen) atoms. The van der Waals surface area contributed by atoms with E-state index in [2.05, 4.69) is 24.5 Å². The third-order valence-corrected chi connectivity index (χ3v) is 5.05. The van der Waals surface area contributed by atoms with Gasteiger partial charge in [-0.2, -0.15) is 0 Å². The summed E-state index contributed by atoms with van der Waals surface area (Å²) in [6.07, 6.45) is 5.47. The minimum absolute atomic E-state index is 0.234. The van der Waals surface area contributed by atoms with E-state index >= 15 is 0 Å². The van der Waals surface area contributed by atoms with Gasteiger partial charge in [-0.15, -0.1) is 0 Å². The molecule has 5 nitrogen and oxygen atoms in total. The number of amides is 2. The van der Waals surface area contributed by atoms with Crippen LogP contribution in [0.3, 0.4) is 0 Å². The molecule has 2 rings (SSSR count). The summed E-state index contributed by atoms with van der Waals surface area (Å²) >= 11 is 0. The molecule has 0 spiro atoms. The van der Waals surface area contributed by atoms with E-state index in [-0.39, 0.29) is 18.0 Å². The van der Waals surface area contributed by atoms with Gasteiger partial charge in [0.1, 0.15) is 0 Å². The molecule has 114 valence electrons. The number of nitrogens with one attached hydrogen (secondary N) is 2. The highest BCUT2D eigenvalue weighted by atomic mass is 16.4. The monoisotopic (exact) mass is 282 g/mol. The summed E-state index contributed by atoms with van der Waals surface area (Å²) in [7, 11) is 0. The number of carbonyl (C=O) groups excluding carboxylic acids is 1. The van der Waals surface area contributed by atoms with E-state index in [0.29, 0.717) is 25.3 Å². The summed E-state index contributed by atoms with van der Waals surface area (Å²) in [5.74, 6) is -0.190. The van der Waals surface area contributed by atoms with Gasteiger partial charge in [0.15, 0.2) is 0 Å². The molecule has 5 heteroatoms. The highest BCUT2D eigenvalue weighted by Crippen LogP contribution is 2.44. The van der Waals surface area contributed by atoms with E-state index in [0.717, 1.165) is 25.7 Å². The third-order valence-electron chi connectivity index (χ3n) is 5.05. The molecule has 2 fully saturated rings. The van der Waals surface area contributed by atoms with E-state index in [1.54, 1.807) is 0 Å². The first-order chi connectivity index (χ1) is 9.35. The number of urea groups is 1. The van der Waals surface area contributed by atoms with Crippen molar-refractivity contribution in [2.24, 2.45) is 16.7 Å². The normalized spacial score (nSPS) is 31.4. The van der Waals surface area contributed by atoms with E-state index < -0.39 is 11.4 Å². The second-order valence-electron chi connectivity index (χ2n) is 7.11. The Morgan fingerprint density at radius 1 is 1.10 bits per heavy atom. The van der Waals surface area contributed by atoms with Crippen LogP contribution >= 0.6 is 0 Å². The molecule has 2 amide bonds. The molecule has 2 saturated carbocycles. The second-order valence-corrected chi connectivity index (χ2v) is 7.11. The topological polar surface area (TPSA) is 78.4 Å². The molecular formula is C15H26N2O3. The van der Waals surface area contributed by atoms with Crippen LogP contribution in [0.15, 0.2) is 0 Å². The lowest BCUT2D eigenvalue weighted by Crippen LogP contribution is -2.48. The Morgan fingerprint density at radius 2 is 1.65 bits per heavy atom. The van der Waals surface area contributed by atoms with Gasteiger partial charge in [0.05, 0.1) is 5.41 Å². The summed E-state index contributed by atoms with van der Waals surface area (Å²) in [5, 5.41) is 15.1. The van der Waals surface area contributed by atoms with E-state index in [4.69, 9.17) is 0 Å². The van der Waals surface area contributed by atoms with Gasteiger partial charge in [-0.1, -0.05) is 13.8 Å². The number of hydrogen-bond donors (Lipinski definition) is 3. The van der Waals surface area contributed by atoms with Gasteiger partial charge >= 0.3 is 12.0 Å². The molecule has 0 bridgehead atoms. The van der Waals surface area contributed by atoms with Crippen molar-refractivity contribution in [2.75, 3.05) is 13.1 Å². The Hall–Kier alpha value is -1.26. The lowest BCUT2D eigenvalue weighted by atomic mass is 9.71. The maximum Gasteiger partial charge on any atom is 0.314 e. The molecule has 0 atom stereocenters. The van der Waals surface area contributed by atoms with Crippen LogP contribution in [0.1, 0.15) is 52.4 Å². The van der Waals surface area contributed by atoms with Gasteiger partial charge in [0, 0.05) is 13.1 Å². The Bertz CT molecular complexity index is 383. The molecule has 3 N–H and O–H groups in total. The standard InChI is InChI=1S/C15H26N2O3/c1-11-3-5-15(6-4-11,12(18)19)10-17-13(20)16-9-14(2)7-8-14/h11H,3-10H2,1-2H3,(H,18,19)(H2,16,17,20). The van der Waals surface area contributed by atoms with E-state index in [1.165, 1.54) is 0 Å². The van der Waals surface area contributed by atoms with Crippen LogP contribution in [0.2, 0.25) is 0 Å². The average Bonchev–Trinajstić information content (AvgIpc) is 3.14. The van der Waals surface area contributed by atoms with Gasteiger partial charge in [-0.3, -0.25) is 4.79 Å². The summed E-state index contributed by atoms with van der Waals surface area (Å²) in [6.45, 7) is 5.21.